The Balaban J connectivity index is 0.00000256. The molecule has 4 heteroatoms. The van der Waals surface area contributed by atoms with E-state index in [0.29, 0.717) is 18.9 Å². The summed E-state index contributed by atoms with van der Waals surface area (Å²) in [6.07, 6.45) is 0.395. The van der Waals surface area contributed by atoms with Gasteiger partial charge in [0.15, 0.2) is 0 Å². The molecule has 1 amide bonds. The summed E-state index contributed by atoms with van der Waals surface area (Å²) in [5, 5.41) is 2.96. The molecule has 2 unspecified atom stereocenters. The molecule has 0 saturated carbocycles. The number of nitrogens with two attached hydrogens (primary N) is 1. The highest BCUT2D eigenvalue weighted by Crippen LogP contribution is 2.18. The molecule has 0 aliphatic rings. The smallest absolute Gasteiger partial charge is 0.221 e. The van der Waals surface area contributed by atoms with Crippen LogP contribution in [0.3, 0.4) is 0 Å². The molecule has 0 heterocycles. The molecule has 0 bridgehead atoms. The number of hydrogen-bond acceptors (Lipinski definition) is 2. The Morgan fingerprint density at radius 1 is 1.29 bits per heavy atom. The van der Waals surface area contributed by atoms with Gasteiger partial charge in [0.1, 0.15) is 0 Å². The van der Waals surface area contributed by atoms with E-state index in [1.807, 2.05) is 25.1 Å². The van der Waals surface area contributed by atoms with Crippen molar-refractivity contribution in [1.82, 2.24) is 5.32 Å². The zero-order chi connectivity index (χ0) is 12.0. The Morgan fingerprint density at radius 3 is 2.41 bits per heavy atom. The van der Waals surface area contributed by atoms with Crippen molar-refractivity contribution < 1.29 is 4.79 Å². The van der Waals surface area contributed by atoms with Gasteiger partial charge in [-0.05, 0) is 12.5 Å². The van der Waals surface area contributed by atoms with Gasteiger partial charge in [-0.15, -0.1) is 12.4 Å². The van der Waals surface area contributed by atoms with Crippen molar-refractivity contribution >= 4 is 18.3 Å². The van der Waals surface area contributed by atoms with Crippen LogP contribution in [-0.4, -0.2) is 18.5 Å². The van der Waals surface area contributed by atoms with E-state index >= 15 is 0 Å². The average Bonchev–Trinajstić information content (AvgIpc) is 2.29. The first-order valence-corrected chi connectivity index (χ1v) is 5.69. The molecule has 96 valence electrons. The number of benzene rings is 1. The van der Waals surface area contributed by atoms with E-state index in [1.165, 1.54) is 5.56 Å². The predicted molar refractivity (Wildman–Crippen MR) is 73.4 cm³/mol. The Bertz CT molecular complexity index is 329. The summed E-state index contributed by atoms with van der Waals surface area (Å²) in [4.78, 5) is 11.4. The van der Waals surface area contributed by atoms with E-state index < -0.39 is 0 Å². The van der Waals surface area contributed by atoms with Crippen LogP contribution in [0, 0.1) is 0 Å². The van der Waals surface area contributed by atoms with Crippen LogP contribution in [0.25, 0.3) is 0 Å². The summed E-state index contributed by atoms with van der Waals surface area (Å²) in [5.74, 6) is 0.334. The number of carbonyl (C=O) groups is 1. The van der Waals surface area contributed by atoms with E-state index in [0.717, 1.165) is 0 Å². The minimum Gasteiger partial charge on any atom is -0.353 e. The summed E-state index contributed by atoms with van der Waals surface area (Å²) >= 11 is 0. The lowest BCUT2D eigenvalue weighted by Gasteiger charge is -2.21. The number of rotatable bonds is 5. The SMILES string of the molecule is CC(NC(=O)CCN)C(C)c1ccccc1.Cl. The van der Waals surface area contributed by atoms with Gasteiger partial charge < -0.3 is 11.1 Å². The second kappa shape index (κ2) is 8.09. The molecule has 17 heavy (non-hydrogen) atoms. The van der Waals surface area contributed by atoms with Crippen LogP contribution in [-0.2, 0) is 4.79 Å². The van der Waals surface area contributed by atoms with Gasteiger partial charge in [-0.25, -0.2) is 0 Å². The van der Waals surface area contributed by atoms with Crippen molar-refractivity contribution in [2.24, 2.45) is 5.73 Å². The molecule has 2 atom stereocenters. The van der Waals surface area contributed by atoms with Crippen LogP contribution >= 0.6 is 12.4 Å². The predicted octanol–water partition coefficient (Wildman–Crippen LogP) is 2.07. The van der Waals surface area contributed by atoms with Crippen LogP contribution in [0.1, 0.15) is 31.7 Å². The zero-order valence-corrected chi connectivity index (χ0v) is 11.2. The molecule has 3 nitrogen and oxygen atoms in total. The van der Waals surface area contributed by atoms with Gasteiger partial charge in [0.05, 0.1) is 0 Å². The van der Waals surface area contributed by atoms with Crippen LogP contribution in [0.2, 0.25) is 0 Å². The Labute approximate surface area is 109 Å². The fourth-order valence-electron chi connectivity index (χ4n) is 1.63. The van der Waals surface area contributed by atoms with E-state index in [-0.39, 0.29) is 24.4 Å². The molecule has 0 aromatic heterocycles. The summed E-state index contributed by atoms with van der Waals surface area (Å²) < 4.78 is 0. The number of halogens is 1. The minimum atomic E-state index is 0. The molecule has 1 aromatic rings. The molecule has 0 aliphatic carbocycles. The molecular formula is C13H21ClN2O. The fraction of sp³-hybridized carbons (Fsp3) is 0.462. The third-order valence-corrected chi connectivity index (χ3v) is 2.84. The zero-order valence-electron chi connectivity index (χ0n) is 10.3. The summed E-state index contributed by atoms with van der Waals surface area (Å²) in [6.45, 7) is 4.53. The van der Waals surface area contributed by atoms with Crippen LogP contribution in [0.15, 0.2) is 30.3 Å². The average molecular weight is 257 g/mol. The highest BCUT2D eigenvalue weighted by atomic mass is 35.5. The molecular weight excluding hydrogens is 236 g/mol. The third-order valence-electron chi connectivity index (χ3n) is 2.84. The maximum absolute atomic E-state index is 11.4. The highest BCUT2D eigenvalue weighted by molar-refractivity contribution is 5.85. The van der Waals surface area contributed by atoms with Crippen molar-refractivity contribution in [3.05, 3.63) is 35.9 Å². The second-order valence-corrected chi connectivity index (χ2v) is 4.09. The minimum absolute atomic E-state index is 0. The van der Waals surface area contributed by atoms with Gasteiger partial charge in [-0.2, -0.15) is 0 Å². The second-order valence-electron chi connectivity index (χ2n) is 4.09. The third kappa shape index (κ3) is 5.20. The monoisotopic (exact) mass is 256 g/mol. The molecule has 0 spiro atoms. The van der Waals surface area contributed by atoms with E-state index in [9.17, 15) is 4.79 Å². The molecule has 0 radical (unpaired) electrons. The number of hydrogen-bond donors (Lipinski definition) is 2. The van der Waals surface area contributed by atoms with Gasteiger partial charge in [-0.3, -0.25) is 4.79 Å². The fourth-order valence-corrected chi connectivity index (χ4v) is 1.63. The van der Waals surface area contributed by atoms with Crippen molar-refractivity contribution in [2.75, 3.05) is 6.54 Å². The normalized spacial score (nSPS) is 13.4. The lowest BCUT2D eigenvalue weighted by atomic mass is 9.94. The van der Waals surface area contributed by atoms with Crippen LogP contribution in [0.4, 0.5) is 0 Å². The molecule has 1 rings (SSSR count). The topological polar surface area (TPSA) is 55.1 Å². The maximum atomic E-state index is 11.4. The van der Waals surface area contributed by atoms with Crippen LogP contribution < -0.4 is 11.1 Å². The Morgan fingerprint density at radius 2 is 1.88 bits per heavy atom. The molecule has 0 aliphatic heterocycles. The Kier molecular flexibility index (Phi) is 7.59. The summed E-state index contributed by atoms with van der Waals surface area (Å²) in [7, 11) is 0. The van der Waals surface area contributed by atoms with E-state index in [1.54, 1.807) is 0 Å². The van der Waals surface area contributed by atoms with Crippen molar-refractivity contribution in [3.63, 3.8) is 0 Å². The van der Waals surface area contributed by atoms with Gasteiger partial charge in [-0.1, -0.05) is 37.3 Å². The lowest BCUT2D eigenvalue weighted by molar-refractivity contribution is -0.121. The van der Waals surface area contributed by atoms with Gasteiger partial charge in [0, 0.05) is 24.9 Å². The summed E-state index contributed by atoms with van der Waals surface area (Å²) in [6, 6.07) is 10.3. The summed E-state index contributed by atoms with van der Waals surface area (Å²) in [5.41, 5.74) is 6.57. The van der Waals surface area contributed by atoms with Crippen molar-refractivity contribution in [1.29, 1.82) is 0 Å². The number of carbonyl (C=O) groups excluding carboxylic acids is 1. The Hall–Kier alpha value is -1.06. The first kappa shape index (κ1) is 15.9. The molecule has 1 aromatic carbocycles. The first-order valence-electron chi connectivity index (χ1n) is 5.69. The number of nitrogens with one attached hydrogen (secondary N) is 1. The van der Waals surface area contributed by atoms with Crippen molar-refractivity contribution in [3.8, 4) is 0 Å². The molecule has 0 fully saturated rings. The highest BCUT2D eigenvalue weighted by Gasteiger charge is 2.15. The largest absolute Gasteiger partial charge is 0.353 e. The molecule has 3 N–H and O–H groups in total. The van der Waals surface area contributed by atoms with E-state index in [4.69, 9.17) is 5.73 Å². The maximum Gasteiger partial charge on any atom is 0.221 e. The van der Waals surface area contributed by atoms with Crippen molar-refractivity contribution in [2.45, 2.75) is 32.2 Å². The number of amides is 1. The quantitative estimate of drug-likeness (QED) is 0.847. The van der Waals surface area contributed by atoms with Gasteiger partial charge >= 0.3 is 0 Å². The lowest BCUT2D eigenvalue weighted by Crippen LogP contribution is -2.36. The van der Waals surface area contributed by atoms with E-state index in [2.05, 4.69) is 24.4 Å². The van der Waals surface area contributed by atoms with Gasteiger partial charge in [0.2, 0.25) is 5.91 Å². The first-order chi connectivity index (χ1) is 7.65. The van der Waals surface area contributed by atoms with Gasteiger partial charge in [0.25, 0.3) is 0 Å². The standard InChI is InChI=1S/C13H20N2O.ClH/c1-10(12-6-4-3-5-7-12)11(2)15-13(16)8-9-14;/h3-7,10-11H,8-9,14H2,1-2H3,(H,15,16);1H. The van der Waals surface area contributed by atoms with Crippen LogP contribution in [0.5, 0.6) is 0 Å². The molecule has 0 saturated heterocycles.